The number of carboxylic acid groups (broad SMARTS) is 1. The maximum Gasteiger partial charge on any atom is 0.341 e. The Hall–Kier alpha value is -3.44. The number of halogens is 2. The lowest BCUT2D eigenvalue weighted by Gasteiger charge is -2.19. The highest BCUT2D eigenvalue weighted by molar-refractivity contribution is 6.39. The number of benzene rings is 1. The van der Waals surface area contributed by atoms with Crippen molar-refractivity contribution >= 4 is 52.7 Å². The van der Waals surface area contributed by atoms with Gasteiger partial charge in [-0.05, 0) is 19.1 Å². The van der Waals surface area contributed by atoms with Crippen LogP contribution in [0, 0.1) is 0 Å². The van der Waals surface area contributed by atoms with Crippen molar-refractivity contribution in [1.29, 1.82) is 0 Å². The minimum atomic E-state index is -1.52. The molecular weight excluding hydrogens is 467 g/mol. The van der Waals surface area contributed by atoms with Crippen molar-refractivity contribution in [3.63, 3.8) is 0 Å². The number of hydrogen-bond donors (Lipinski definition) is 4. The first-order valence-corrected chi connectivity index (χ1v) is 9.82. The van der Waals surface area contributed by atoms with E-state index < -0.39 is 54.6 Å². The van der Waals surface area contributed by atoms with Gasteiger partial charge in [0.25, 0.3) is 5.91 Å². The third-order valence-electron chi connectivity index (χ3n) is 4.05. The fourth-order valence-corrected chi connectivity index (χ4v) is 2.99. The largest absolute Gasteiger partial charge is 0.481 e. The number of aromatic amines is 1. The van der Waals surface area contributed by atoms with E-state index >= 15 is 0 Å². The molecule has 170 valence electrons. The number of rotatable bonds is 10. The molecule has 0 spiro atoms. The molecule has 2 rings (SSSR count). The maximum absolute atomic E-state index is 12.4. The monoisotopic (exact) mass is 484 g/mol. The van der Waals surface area contributed by atoms with Crippen LogP contribution in [0.1, 0.15) is 34.3 Å². The summed E-state index contributed by atoms with van der Waals surface area (Å²) in [5.74, 6) is -4.80. The number of H-pyrrole nitrogens is 1. The van der Waals surface area contributed by atoms with Crippen LogP contribution in [-0.2, 0) is 19.1 Å². The molecule has 1 aromatic carbocycles. The zero-order chi connectivity index (χ0) is 23.8. The number of ether oxygens (including phenoxy) is 1. The lowest BCUT2D eigenvalue weighted by atomic mass is 10.1. The van der Waals surface area contributed by atoms with Crippen LogP contribution in [-0.4, -0.2) is 63.3 Å². The zero-order valence-corrected chi connectivity index (χ0v) is 18.1. The first-order chi connectivity index (χ1) is 15.1. The van der Waals surface area contributed by atoms with Crippen molar-refractivity contribution in [2.24, 2.45) is 0 Å². The number of nitrogens with zero attached hydrogens (tertiary/aromatic N) is 1. The Morgan fingerprint density at radius 2 is 1.81 bits per heavy atom. The van der Waals surface area contributed by atoms with Crippen LogP contribution in [0.4, 0.5) is 0 Å². The van der Waals surface area contributed by atoms with E-state index in [2.05, 4.69) is 20.6 Å². The molecule has 1 aromatic heterocycles. The molecule has 2 atom stereocenters. The van der Waals surface area contributed by atoms with Gasteiger partial charge >= 0.3 is 11.9 Å². The van der Waals surface area contributed by atoms with E-state index in [-0.39, 0.29) is 21.4 Å². The van der Waals surface area contributed by atoms with Crippen LogP contribution in [0.15, 0.2) is 30.6 Å². The molecule has 0 aliphatic carbocycles. The molecule has 0 fully saturated rings. The van der Waals surface area contributed by atoms with Crippen molar-refractivity contribution in [3.05, 3.63) is 52.0 Å². The maximum atomic E-state index is 12.4. The second-order valence-corrected chi connectivity index (χ2v) is 7.25. The number of esters is 1. The van der Waals surface area contributed by atoms with Gasteiger partial charge in [0.1, 0.15) is 12.1 Å². The van der Waals surface area contributed by atoms with Crippen molar-refractivity contribution in [3.8, 4) is 0 Å². The standard InChI is InChI=1S/C19H18Cl2N4O7/c1-9(24-18(30)16-22-5-6-23-16)17(29)25-12(7-14(27)28)13(26)8-32-19(31)15-10(20)3-2-4-11(15)21/h2-6,9,12H,7-8H2,1H3,(H,22,23)(H,24,30)(H,25,29)(H,27,28)/t9-,12-/m0/s1. The Labute approximate surface area is 191 Å². The summed E-state index contributed by atoms with van der Waals surface area (Å²) in [6.07, 6.45) is 1.99. The molecule has 0 bridgehead atoms. The molecule has 32 heavy (non-hydrogen) atoms. The third-order valence-corrected chi connectivity index (χ3v) is 4.68. The Balaban J connectivity index is 1.99. The van der Waals surface area contributed by atoms with Crippen molar-refractivity contribution in [1.82, 2.24) is 20.6 Å². The molecule has 0 aliphatic heterocycles. The van der Waals surface area contributed by atoms with Gasteiger partial charge in [0.05, 0.1) is 22.0 Å². The fraction of sp³-hybridized carbons (Fsp3) is 0.263. The van der Waals surface area contributed by atoms with Crippen LogP contribution in [0.25, 0.3) is 0 Å². The highest BCUT2D eigenvalue weighted by Crippen LogP contribution is 2.24. The number of carbonyl (C=O) groups excluding carboxylic acids is 4. The van der Waals surface area contributed by atoms with E-state index in [1.54, 1.807) is 0 Å². The quantitative estimate of drug-likeness (QED) is 0.365. The van der Waals surface area contributed by atoms with Crippen molar-refractivity contribution < 1.29 is 33.8 Å². The lowest BCUT2D eigenvalue weighted by molar-refractivity contribution is -0.140. The minimum absolute atomic E-state index is 0.00598. The molecule has 0 unspecified atom stereocenters. The predicted molar refractivity (Wildman–Crippen MR) is 111 cm³/mol. The molecular formula is C19H18Cl2N4O7. The number of aromatic nitrogens is 2. The van der Waals surface area contributed by atoms with Crippen LogP contribution >= 0.6 is 23.2 Å². The van der Waals surface area contributed by atoms with Gasteiger partial charge in [-0.25, -0.2) is 9.78 Å². The number of ketones is 1. The van der Waals surface area contributed by atoms with Crippen LogP contribution in [0.2, 0.25) is 10.0 Å². The first kappa shape index (κ1) is 24.8. The summed E-state index contributed by atoms with van der Waals surface area (Å²) < 4.78 is 4.89. The van der Waals surface area contributed by atoms with E-state index in [1.807, 2.05) is 0 Å². The second kappa shape index (κ2) is 11.3. The van der Waals surface area contributed by atoms with Gasteiger partial charge in [-0.2, -0.15) is 0 Å². The second-order valence-electron chi connectivity index (χ2n) is 6.43. The number of carbonyl (C=O) groups is 5. The van der Waals surface area contributed by atoms with Gasteiger partial charge in [-0.1, -0.05) is 29.3 Å². The van der Waals surface area contributed by atoms with Gasteiger partial charge in [0, 0.05) is 12.4 Å². The van der Waals surface area contributed by atoms with Crippen LogP contribution in [0.3, 0.4) is 0 Å². The summed E-state index contributed by atoms with van der Waals surface area (Å²) in [5, 5.41) is 13.6. The summed E-state index contributed by atoms with van der Waals surface area (Å²) in [6.45, 7) is 0.490. The van der Waals surface area contributed by atoms with Crippen molar-refractivity contribution in [2.75, 3.05) is 6.61 Å². The fourth-order valence-electron chi connectivity index (χ4n) is 2.44. The van der Waals surface area contributed by atoms with Gasteiger partial charge in [0.2, 0.25) is 5.91 Å². The number of imidazole rings is 1. The topological polar surface area (TPSA) is 168 Å². The van der Waals surface area contributed by atoms with E-state index in [9.17, 15) is 24.0 Å². The summed E-state index contributed by atoms with van der Waals surface area (Å²) in [7, 11) is 0. The van der Waals surface area contributed by atoms with Gasteiger partial charge < -0.3 is 25.5 Å². The third kappa shape index (κ3) is 6.79. The van der Waals surface area contributed by atoms with Crippen LogP contribution in [0.5, 0.6) is 0 Å². The van der Waals surface area contributed by atoms with E-state index in [0.717, 1.165) is 0 Å². The normalized spacial score (nSPS) is 12.3. The van der Waals surface area contributed by atoms with Crippen molar-refractivity contribution in [2.45, 2.75) is 25.4 Å². The minimum Gasteiger partial charge on any atom is -0.481 e. The molecule has 13 heteroatoms. The number of Topliss-reactive ketones (excluding diaryl/α,β-unsaturated/α-hetero) is 1. The van der Waals surface area contributed by atoms with Crippen LogP contribution < -0.4 is 10.6 Å². The van der Waals surface area contributed by atoms with E-state index in [4.69, 9.17) is 33.0 Å². The van der Waals surface area contributed by atoms with Gasteiger partial charge in [0.15, 0.2) is 18.2 Å². The summed E-state index contributed by atoms with van der Waals surface area (Å²) in [4.78, 5) is 66.4. The predicted octanol–water partition coefficient (Wildman–Crippen LogP) is 1.22. The highest BCUT2D eigenvalue weighted by Gasteiger charge is 2.28. The number of carboxylic acids is 1. The number of hydrogen-bond acceptors (Lipinski definition) is 7. The SMILES string of the molecule is C[C@H](NC(=O)c1ncc[nH]1)C(=O)N[C@@H](CC(=O)O)C(=O)COC(=O)c1c(Cl)cccc1Cl. The highest BCUT2D eigenvalue weighted by atomic mass is 35.5. The molecule has 0 radical (unpaired) electrons. The van der Waals surface area contributed by atoms with Gasteiger partial charge in [-0.3, -0.25) is 19.2 Å². The Kier molecular flexibility index (Phi) is 8.73. The number of nitrogens with one attached hydrogen (secondary N) is 3. The molecule has 1 heterocycles. The molecule has 0 saturated carbocycles. The molecule has 2 amide bonds. The Bertz CT molecular complexity index is 1010. The molecule has 2 aromatic rings. The Morgan fingerprint density at radius 3 is 2.38 bits per heavy atom. The summed E-state index contributed by atoms with van der Waals surface area (Å²) in [6, 6.07) is 1.67. The van der Waals surface area contributed by atoms with E-state index in [1.165, 1.54) is 37.5 Å². The molecule has 0 aliphatic rings. The average Bonchev–Trinajstić information content (AvgIpc) is 3.26. The number of aliphatic carboxylic acids is 1. The molecule has 0 saturated heterocycles. The first-order valence-electron chi connectivity index (χ1n) is 9.06. The summed E-state index contributed by atoms with van der Waals surface area (Å²) >= 11 is 11.8. The molecule has 4 N–H and O–H groups in total. The smallest absolute Gasteiger partial charge is 0.341 e. The van der Waals surface area contributed by atoms with Gasteiger partial charge in [-0.15, -0.1) is 0 Å². The molecule has 11 nitrogen and oxygen atoms in total. The average molecular weight is 485 g/mol. The lowest BCUT2D eigenvalue weighted by Crippen LogP contribution is -2.51. The zero-order valence-electron chi connectivity index (χ0n) is 16.6. The van der Waals surface area contributed by atoms with E-state index in [0.29, 0.717) is 0 Å². The Morgan fingerprint density at radius 1 is 1.16 bits per heavy atom. The summed E-state index contributed by atoms with van der Waals surface area (Å²) in [5.41, 5.74) is -0.156. The number of amides is 2.